The average molecular weight is 406 g/mol. The van der Waals surface area contributed by atoms with Crippen LogP contribution >= 0.6 is 0 Å². The molecule has 30 heavy (non-hydrogen) atoms. The molecular weight excluding hydrogens is 377 g/mol. The van der Waals surface area contributed by atoms with Gasteiger partial charge in [0.1, 0.15) is 11.9 Å². The molecule has 2 aliphatic carbocycles. The van der Waals surface area contributed by atoms with Gasteiger partial charge in [0.2, 0.25) is 0 Å². The molecule has 2 heterocycles. The minimum absolute atomic E-state index is 0.00694. The summed E-state index contributed by atoms with van der Waals surface area (Å²) < 4.78 is 19.1. The molecule has 6 atom stereocenters. The van der Waals surface area contributed by atoms with Gasteiger partial charge in [-0.25, -0.2) is 4.39 Å². The van der Waals surface area contributed by atoms with Crippen molar-refractivity contribution in [2.45, 2.75) is 45.1 Å². The molecule has 3 nitrogen and oxygen atoms in total. The van der Waals surface area contributed by atoms with Crippen molar-refractivity contribution < 1.29 is 13.9 Å². The number of allylic oxidation sites excluding steroid dienone is 1. The lowest BCUT2D eigenvalue weighted by atomic mass is 9.57. The summed E-state index contributed by atoms with van der Waals surface area (Å²) in [4.78, 5) is 17.0. The molecule has 3 aliphatic rings. The van der Waals surface area contributed by atoms with Crippen molar-refractivity contribution in [1.82, 2.24) is 4.98 Å². The van der Waals surface area contributed by atoms with Gasteiger partial charge in [-0.15, -0.1) is 0 Å². The summed E-state index contributed by atoms with van der Waals surface area (Å²) >= 11 is 0. The first-order valence-electron chi connectivity index (χ1n) is 11.2. The fourth-order valence-corrected chi connectivity index (χ4v) is 6.14. The Hall–Kier alpha value is -2.49. The standard InChI is InChI=1S/C26H28FNO2/c1-16-25-23(22-8-3-2-5-18(22)14-24(25)26(29)30-16)12-11-21-10-9-19(15-28-21)17-6-4-7-20(27)13-17/h4,6-7,9-13,15-16,18,22-25H,2-3,5,8,14H2,1H3/b12-11+/t16?,18-,22-,23+,24?,25?/m1/s1. The summed E-state index contributed by atoms with van der Waals surface area (Å²) in [5, 5.41) is 0. The highest BCUT2D eigenvalue weighted by atomic mass is 19.1. The van der Waals surface area contributed by atoms with Crippen molar-refractivity contribution in [3.63, 3.8) is 0 Å². The number of halogens is 1. The van der Waals surface area contributed by atoms with E-state index in [0.29, 0.717) is 17.8 Å². The highest BCUT2D eigenvalue weighted by molar-refractivity contribution is 5.75. The fourth-order valence-electron chi connectivity index (χ4n) is 6.14. The number of nitrogens with zero attached hydrogens (tertiary/aromatic N) is 1. The predicted molar refractivity (Wildman–Crippen MR) is 115 cm³/mol. The lowest BCUT2D eigenvalue weighted by Crippen LogP contribution is -2.42. The molecule has 1 aliphatic heterocycles. The monoisotopic (exact) mass is 405 g/mol. The number of aromatic nitrogens is 1. The summed E-state index contributed by atoms with van der Waals surface area (Å²) in [7, 11) is 0. The third-order valence-electron chi connectivity index (χ3n) is 7.51. The summed E-state index contributed by atoms with van der Waals surface area (Å²) in [6, 6.07) is 10.5. The van der Waals surface area contributed by atoms with Gasteiger partial charge in [0.15, 0.2) is 0 Å². The van der Waals surface area contributed by atoms with E-state index in [9.17, 15) is 9.18 Å². The van der Waals surface area contributed by atoms with Gasteiger partial charge >= 0.3 is 5.97 Å². The number of carbonyl (C=O) groups is 1. The van der Waals surface area contributed by atoms with Crippen molar-refractivity contribution in [2.75, 3.05) is 0 Å². The second-order valence-electron chi connectivity index (χ2n) is 9.19. The number of ether oxygens (including phenoxy) is 1. The first-order valence-corrected chi connectivity index (χ1v) is 11.2. The molecule has 0 radical (unpaired) electrons. The predicted octanol–water partition coefficient (Wildman–Crippen LogP) is 5.90. The van der Waals surface area contributed by atoms with Crippen LogP contribution in [0.3, 0.4) is 0 Å². The van der Waals surface area contributed by atoms with Gasteiger partial charge in [-0.05, 0) is 67.4 Å². The number of benzene rings is 1. The summed E-state index contributed by atoms with van der Waals surface area (Å²) in [6.45, 7) is 2.05. The zero-order valence-electron chi connectivity index (χ0n) is 17.3. The van der Waals surface area contributed by atoms with E-state index in [-0.39, 0.29) is 29.7 Å². The number of hydrogen-bond donors (Lipinski definition) is 0. The topological polar surface area (TPSA) is 39.2 Å². The molecule has 156 valence electrons. The normalized spacial score (nSPS) is 33.2. The SMILES string of the molecule is CC1OC(=O)C2C[C@H]3CCCC[C@H]3[C@H](/C=C/c3ccc(-c4cccc(F)c4)cn3)C12. The van der Waals surface area contributed by atoms with Gasteiger partial charge < -0.3 is 4.74 Å². The third-order valence-corrected chi connectivity index (χ3v) is 7.51. The minimum Gasteiger partial charge on any atom is -0.462 e. The molecule has 0 N–H and O–H groups in total. The minimum atomic E-state index is -0.243. The molecule has 2 aromatic rings. The quantitative estimate of drug-likeness (QED) is 0.597. The van der Waals surface area contributed by atoms with Crippen molar-refractivity contribution in [3.05, 3.63) is 60.2 Å². The Bertz CT molecular complexity index is 954. The fraction of sp³-hybridized carbons (Fsp3) is 0.462. The van der Waals surface area contributed by atoms with Crippen LogP contribution in [-0.2, 0) is 9.53 Å². The number of pyridine rings is 1. The highest BCUT2D eigenvalue weighted by Gasteiger charge is 2.53. The average Bonchev–Trinajstić information content (AvgIpc) is 3.05. The molecule has 3 fully saturated rings. The highest BCUT2D eigenvalue weighted by Crippen LogP contribution is 2.53. The van der Waals surface area contributed by atoms with Crippen LogP contribution in [0.5, 0.6) is 0 Å². The molecular formula is C26H28FNO2. The zero-order valence-corrected chi connectivity index (χ0v) is 17.3. The van der Waals surface area contributed by atoms with Gasteiger partial charge in [-0.3, -0.25) is 9.78 Å². The Labute approximate surface area is 177 Å². The van der Waals surface area contributed by atoms with Gasteiger partial charge in [0.25, 0.3) is 0 Å². The van der Waals surface area contributed by atoms with Crippen LogP contribution in [0.15, 0.2) is 48.7 Å². The van der Waals surface area contributed by atoms with E-state index in [4.69, 9.17) is 4.74 Å². The number of esters is 1. The number of cyclic esters (lactones) is 1. The Balaban J connectivity index is 1.39. The van der Waals surface area contributed by atoms with Crippen molar-refractivity contribution in [2.24, 2.45) is 29.6 Å². The number of fused-ring (bicyclic) bond motifs is 2. The second-order valence-corrected chi connectivity index (χ2v) is 9.19. The van der Waals surface area contributed by atoms with Crippen LogP contribution in [0.25, 0.3) is 17.2 Å². The van der Waals surface area contributed by atoms with Crippen LogP contribution in [0.2, 0.25) is 0 Å². The maximum Gasteiger partial charge on any atom is 0.309 e. The molecule has 1 aromatic heterocycles. The maximum atomic E-state index is 13.5. The van der Waals surface area contributed by atoms with E-state index in [1.165, 1.54) is 37.8 Å². The number of carbonyl (C=O) groups excluding carboxylic acids is 1. The molecule has 1 aromatic carbocycles. The van der Waals surface area contributed by atoms with Gasteiger partial charge in [0.05, 0.1) is 11.6 Å². The number of hydrogen-bond acceptors (Lipinski definition) is 3. The molecule has 1 saturated heterocycles. The van der Waals surface area contributed by atoms with E-state index >= 15 is 0 Å². The van der Waals surface area contributed by atoms with E-state index in [2.05, 4.69) is 24.1 Å². The molecule has 5 rings (SSSR count). The number of rotatable bonds is 3. The molecule has 0 bridgehead atoms. The Morgan fingerprint density at radius 1 is 1.13 bits per heavy atom. The third kappa shape index (κ3) is 3.57. The molecule has 4 heteroatoms. The second kappa shape index (κ2) is 7.98. The largest absolute Gasteiger partial charge is 0.462 e. The summed E-state index contributed by atoms with van der Waals surface area (Å²) in [5.41, 5.74) is 2.62. The lowest BCUT2D eigenvalue weighted by Gasteiger charge is -2.45. The van der Waals surface area contributed by atoms with E-state index in [1.807, 2.05) is 18.2 Å². The summed E-state index contributed by atoms with van der Waals surface area (Å²) in [5.74, 6) is 1.73. The van der Waals surface area contributed by atoms with Crippen LogP contribution in [-0.4, -0.2) is 17.1 Å². The zero-order chi connectivity index (χ0) is 20.7. The van der Waals surface area contributed by atoms with Gasteiger partial charge in [-0.2, -0.15) is 0 Å². The smallest absolute Gasteiger partial charge is 0.309 e. The Morgan fingerprint density at radius 2 is 2.00 bits per heavy atom. The first kappa shape index (κ1) is 19.5. The Morgan fingerprint density at radius 3 is 2.80 bits per heavy atom. The summed E-state index contributed by atoms with van der Waals surface area (Å²) in [6.07, 6.45) is 12.2. The van der Waals surface area contributed by atoms with E-state index < -0.39 is 0 Å². The van der Waals surface area contributed by atoms with Crippen LogP contribution < -0.4 is 0 Å². The van der Waals surface area contributed by atoms with Gasteiger partial charge in [-0.1, -0.05) is 43.5 Å². The first-order chi connectivity index (χ1) is 14.6. The van der Waals surface area contributed by atoms with Crippen LogP contribution in [0.4, 0.5) is 4.39 Å². The van der Waals surface area contributed by atoms with Crippen LogP contribution in [0.1, 0.15) is 44.7 Å². The van der Waals surface area contributed by atoms with Crippen molar-refractivity contribution in [3.8, 4) is 11.1 Å². The van der Waals surface area contributed by atoms with Crippen LogP contribution in [0, 0.1) is 35.4 Å². The van der Waals surface area contributed by atoms with Crippen molar-refractivity contribution in [1.29, 1.82) is 0 Å². The maximum absolute atomic E-state index is 13.5. The van der Waals surface area contributed by atoms with Crippen molar-refractivity contribution >= 4 is 12.0 Å². The van der Waals surface area contributed by atoms with E-state index in [1.54, 1.807) is 12.3 Å². The molecule has 2 saturated carbocycles. The lowest BCUT2D eigenvalue weighted by molar-refractivity contribution is -0.144. The Kier molecular flexibility index (Phi) is 5.18. The molecule has 0 amide bonds. The molecule has 0 spiro atoms. The van der Waals surface area contributed by atoms with Gasteiger partial charge in [0, 0.05) is 17.7 Å². The van der Waals surface area contributed by atoms with E-state index in [0.717, 1.165) is 23.2 Å². The molecule has 3 unspecified atom stereocenters.